The summed E-state index contributed by atoms with van der Waals surface area (Å²) in [5, 5.41) is 2.99. The zero-order chi connectivity index (χ0) is 19.8. The number of carbonyl (C=O) groups excluding carboxylic acids is 2. The number of nitrogens with one attached hydrogen (secondary N) is 1. The Kier molecular flexibility index (Phi) is 7.72. The van der Waals surface area contributed by atoms with Gasteiger partial charge in [-0.25, -0.2) is 0 Å². The SMILES string of the molecule is CCCN1CCC[C@H]1CNC(=O)c1cc(OC)c(OCC(N)=O)c(OC)c1. The van der Waals surface area contributed by atoms with Gasteiger partial charge in [-0.3, -0.25) is 14.5 Å². The van der Waals surface area contributed by atoms with Crippen LogP contribution in [0, 0.1) is 0 Å². The van der Waals surface area contributed by atoms with Gasteiger partial charge in [-0.1, -0.05) is 6.92 Å². The number of hydrogen-bond donors (Lipinski definition) is 2. The number of carbonyl (C=O) groups is 2. The van der Waals surface area contributed by atoms with E-state index in [9.17, 15) is 9.59 Å². The highest BCUT2D eigenvalue weighted by molar-refractivity contribution is 5.95. The molecule has 2 amide bonds. The van der Waals surface area contributed by atoms with Gasteiger partial charge in [0.05, 0.1) is 14.2 Å². The van der Waals surface area contributed by atoms with Crippen molar-refractivity contribution >= 4 is 11.8 Å². The first-order chi connectivity index (χ1) is 13.0. The van der Waals surface area contributed by atoms with Gasteiger partial charge in [0, 0.05) is 18.2 Å². The molecule has 2 rings (SSSR count). The van der Waals surface area contributed by atoms with Gasteiger partial charge in [0.1, 0.15) is 0 Å². The first-order valence-corrected chi connectivity index (χ1v) is 9.19. The molecule has 8 heteroatoms. The summed E-state index contributed by atoms with van der Waals surface area (Å²) in [5.41, 5.74) is 5.52. The Morgan fingerprint density at radius 2 is 1.93 bits per heavy atom. The van der Waals surface area contributed by atoms with Crippen LogP contribution in [-0.4, -0.2) is 63.2 Å². The van der Waals surface area contributed by atoms with Gasteiger partial charge >= 0.3 is 0 Å². The maximum atomic E-state index is 12.6. The summed E-state index contributed by atoms with van der Waals surface area (Å²) >= 11 is 0. The monoisotopic (exact) mass is 379 g/mol. The Bertz CT molecular complexity index is 640. The smallest absolute Gasteiger partial charge is 0.255 e. The molecule has 1 aliphatic rings. The van der Waals surface area contributed by atoms with E-state index in [2.05, 4.69) is 17.1 Å². The highest BCUT2D eigenvalue weighted by Crippen LogP contribution is 2.38. The Labute approximate surface area is 159 Å². The van der Waals surface area contributed by atoms with E-state index in [1.165, 1.54) is 14.2 Å². The second kappa shape index (κ2) is 10.0. The maximum absolute atomic E-state index is 12.6. The zero-order valence-electron chi connectivity index (χ0n) is 16.2. The van der Waals surface area contributed by atoms with Crippen molar-refractivity contribution in [2.75, 3.05) is 40.5 Å². The van der Waals surface area contributed by atoms with E-state index in [1.54, 1.807) is 12.1 Å². The first-order valence-electron chi connectivity index (χ1n) is 9.19. The molecule has 0 aliphatic carbocycles. The number of nitrogens with zero attached hydrogens (tertiary/aromatic N) is 1. The molecule has 0 spiro atoms. The molecule has 1 aromatic rings. The molecule has 150 valence electrons. The van der Waals surface area contributed by atoms with E-state index in [4.69, 9.17) is 19.9 Å². The van der Waals surface area contributed by atoms with Gasteiger partial charge in [-0.2, -0.15) is 0 Å². The average molecular weight is 379 g/mol. The highest BCUT2D eigenvalue weighted by Gasteiger charge is 2.24. The van der Waals surface area contributed by atoms with E-state index in [-0.39, 0.29) is 18.3 Å². The van der Waals surface area contributed by atoms with Crippen LogP contribution in [0.15, 0.2) is 12.1 Å². The van der Waals surface area contributed by atoms with E-state index < -0.39 is 5.91 Å². The number of likely N-dealkylation sites (tertiary alicyclic amines) is 1. The minimum absolute atomic E-state index is 0.212. The lowest BCUT2D eigenvalue weighted by Crippen LogP contribution is -2.40. The molecular weight excluding hydrogens is 350 g/mol. The van der Waals surface area contributed by atoms with Crippen LogP contribution in [0.25, 0.3) is 0 Å². The lowest BCUT2D eigenvalue weighted by molar-refractivity contribution is -0.120. The maximum Gasteiger partial charge on any atom is 0.255 e. The number of primary amides is 1. The molecule has 1 aromatic carbocycles. The number of hydrogen-bond acceptors (Lipinski definition) is 6. The minimum atomic E-state index is -0.617. The van der Waals surface area contributed by atoms with Crippen LogP contribution in [0.5, 0.6) is 17.2 Å². The van der Waals surface area contributed by atoms with Crippen molar-refractivity contribution in [1.82, 2.24) is 10.2 Å². The van der Waals surface area contributed by atoms with Crippen LogP contribution < -0.4 is 25.3 Å². The van der Waals surface area contributed by atoms with Crippen LogP contribution in [-0.2, 0) is 4.79 Å². The third kappa shape index (κ3) is 5.50. The van der Waals surface area contributed by atoms with Crippen molar-refractivity contribution in [2.45, 2.75) is 32.2 Å². The Morgan fingerprint density at radius 1 is 1.26 bits per heavy atom. The zero-order valence-corrected chi connectivity index (χ0v) is 16.2. The number of ether oxygens (including phenoxy) is 3. The Morgan fingerprint density at radius 3 is 2.48 bits per heavy atom. The fourth-order valence-corrected chi connectivity index (χ4v) is 3.32. The summed E-state index contributed by atoms with van der Waals surface area (Å²) < 4.78 is 16.0. The van der Waals surface area contributed by atoms with Crippen LogP contribution in [0.2, 0.25) is 0 Å². The highest BCUT2D eigenvalue weighted by atomic mass is 16.5. The van der Waals surface area contributed by atoms with E-state index in [0.29, 0.717) is 29.6 Å². The second-order valence-corrected chi connectivity index (χ2v) is 6.51. The first kappa shape index (κ1) is 20.8. The molecule has 27 heavy (non-hydrogen) atoms. The summed E-state index contributed by atoms with van der Waals surface area (Å²) in [6.45, 7) is 4.58. The van der Waals surface area contributed by atoms with Crippen molar-refractivity contribution in [3.05, 3.63) is 17.7 Å². The van der Waals surface area contributed by atoms with Gasteiger partial charge in [0.2, 0.25) is 5.75 Å². The Hall–Kier alpha value is -2.48. The lowest BCUT2D eigenvalue weighted by Gasteiger charge is -2.24. The van der Waals surface area contributed by atoms with Crippen LogP contribution in [0.4, 0.5) is 0 Å². The molecule has 0 bridgehead atoms. The van der Waals surface area contributed by atoms with E-state index in [0.717, 1.165) is 32.4 Å². The predicted octanol–water partition coefficient (Wildman–Crippen LogP) is 1.17. The van der Waals surface area contributed by atoms with Gasteiger partial charge in [-0.05, 0) is 44.5 Å². The summed E-state index contributed by atoms with van der Waals surface area (Å²) in [4.78, 5) is 26.0. The van der Waals surface area contributed by atoms with Crippen molar-refractivity contribution in [3.63, 3.8) is 0 Å². The standard InChI is InChI=1S/C19H29N3O5/c1-4-7-22-8-5-6-14(22)11-21-19(24)13-9-15(25-2)18(16(10-13)26-3)27-12-17(20)23/h9-10,14H,4-8,11-12H2,1-3H3,(H2,20,23)(H,21,24)/t14-/m0/s1. The second-order valence-electron chi connectivity index (χ2n) is 6.51. The van der Waals surface area contributed by atoms with Crippen molar-refractivity contribution < 1.29 is 23.8 Å². The molecular formula is C19H29N3O5. The molecule has 0 radical (unpaired) electrons. The van der Waals surface area contributed by atoms with Crippen molar-refractivity contribution in [3.8, 4) is 17.2 Å². The topological polar surface area (TPSA) is 103 Å². The van der Waals surface area contributed by atoms with E-state index in [1.807, 2.05) is 0 Å². The largest absolute Gasteiger partial charge is 0.493 e. The van der Waals surface area contributed by atoms with Gasteiger partial charge in [0.15, 0.2) is 18.1 Å². The third-order valence-electron chi connectivity index (χ3n) is 4.59. The molecule has 1 atom stereocenters. The normalized spacial score (nSPS) is 16.8. The number of amides is 2. The van der Waals surface area contributed by atoms with Crippen LogP contribution in [0.3, 0.4) is 0 Å². The van der Waals surface area contributed by atoms with Crippen molar-refractivity contribution in [1.29, 1.82) is 0 Å². The third-order valence-corrected chi connectivity index (χ3v) is 4.59. The molecule has 1 saturated heterocycles. The summed E-state index contributed by atoms with van der Waals surface area (Å²) in [7, 11) is 2.91. The Balaban J connectivity index is 2.10. The molecule has 0 aromatic heterocycles. The molecule has 1 heterocycles. The summed E-state index contributed by atoms with van der Waals surface area (Å²) in [5.74, 6) is 0.00855. The quantitative estimate of drug-likeness (QED) is 0.633. The average Bonchev–Trinajstić information content (AvgIpc) is 3.11. The fraction of sp³-hybridized carbons (Fsp3) is 0.579. The van der Waals surface area contributed by atoms with E-state index >= 15 is 0 Å². The van der Waals surface area contributed by atoms with Crippen LogP contribution in [0.1, 0.15) is 36.5 Å². The molecule has 1 fully saturated rings. The molecule has 3 N–H and O–H groups in total. The fourth-order valence-electron chi connectivity index (χ4n) is 3.32. The summed E-state index contributed by atoms with van der Waals surface area (Å²) in [6, 6.07) is 3.50. The van der Waals surface area contributed by atoms with Gasteiger partial charge in [0.25, 0.3) is 11.8 Å². The number of methoxy groups -OCH3 is 2. The molecule has 0 saturated carbocycles. The number of rotatable bonds is 10. The molecule has 1 aliphatic heterocycles. The van der Waals surface area contributed by atoms with Crippen molar-refractivity contribution in [2.24, 2.45) is 5.73 Å². The molecule has 0 unspecified atom stereocenters. The molecule has 8 nitrogen and oxygen atoms in total. The predicted molar refractivity (Wildman–Crippen MR) is 101 cm³/mol. The summed E-state index contributed by atoms with van der Waals surface area (Å²) in [6.07, 6.45) is 3.35. The van der Waals surface area contributed by atoms with Gasteiger partial charge < -0.3 is 25.3 Å². The number of nitrogens with two attached hydrogens (primary N) is 1. The lowest BCUT2D eigenvalue weighted by atomic mass is 10.1. The van der Waals surface area contributed by atoms with Crippen LogP contribution >= 0.6 is 0 Å². The number of benzene rings is 1. The minimum Gasteiger partial charge on any atom is -0.493 e. The van der Waals surface area contributed by atoms with Gasteiger partial charge in [-0.15, -0.1) is 0 Å².